The third-order valence-electron chi connectivity index (χ3n) is 2.69. The van der Waals surface area contributed by atoms with Crippen molar-refractivity contribution >= 4 is 17.3 Å². The fourth-order valence-electron chi connectivity index (χ4n) is 1.73. The monoisotopic (exact) mass is 290 g/mol. The Hall–Kier alpha value is -2.25. The first-order valence-corrected chi connectivity index (χ1v) is 6.35. The second-order valence-corrected chi connectivity index (χ2v) is 4.42. The van der Waals surface area contributed by atoms with Crippen LogP contribution in [-0.2, 0) is 6.54 Å². The Morgan fingerprint density at radius 3 is 2.80 bits per heavy atom. The molecule has 2 rings (SSSR count). The quantitative estimate of drug-likeness (QED) is 0.905. The Morgan fingerprint density at radius 1 is 1.20 bits per heavy atom. The first-order valence-electron chi connectivity index (χ1n) is 5.98. The minimum atomic E-state index is -0.482. The molecule has 20 heavy (non-hydrogen) atoms. The summed E-state index contributed by atoms with van der Waals surface area (Å²) in [5, 5.41) is 11.6. The van der Waals surface area contributed by atoms with Gasteiger partial charge < -0.3 is 10.1 Å². The Bertz CT molecular complexity index is 640. The first-order chi connectivity index (χ1) is 9.72. The summed E-state index contributed by atoms with van der Waals surface area (Å²) in [6, 6.07) is 14.0. The highest BCUT2D eigenvalue weighted by Gasteiger charge is 2.07. The van der Waals surface area contributed by atoms with Crippen LogP contribution in [0, 0.1) is 17.1 Å². The van der Waals surface area contributed by atoms with Gasteiger partial charge in [-0.25, -0.2) is 4.39 Å². The maximum atomic E-state index is 13.7. The van der Waals surface area contributed by atoms with Gasteiger partial charge in [0.15, 0.2) is 12.4 Å². The zero-order chi connectivity index (χ0) is 14.4. The lowest BCUT2D eigenvalue weighted by Crippen LogP contribution is -2.04. The van der Waals surface area contributed by atoms with Crippen LogP contribution in [-0.4, -0.2) is 6.61 Å². The van der Waals surface area contributed by atoms with Crippen LogP contribution in [0.3, 0.4) is 0 Å². The average molecular weight is 291 g/mol. The number of rotatable bonds is 5. The molecule has 102 valence electrons. The maximum absolute atomic E-state index is 13.7. The highest BCUT2D eigenvalue weighted by molar-refractivity contribution is 6.31. The maximum Gasteiger partial charge on any atom is 0.174 e. The van der Waals surface area contributed by atoms with E-state index in [0.29, 0.717) is 18.0 Å². The summed E-state index contributed by atoms with van der Waals surface area (Å²) in [6.07, 6.45) is 0. The van der Waals surface area contributed by atoms with Crippen LogP contribution in [0.1, 0.15) is 5.56 Å². The van der Waals surface area contributed by atoms with Gasteiger partial charge in [-0.3, -0.25) is 0 Å². The number of nitrogens with one attached hydrogen (secondary N) is 1. The van der Waals surface area contributed by atoms with Crippen LogP contribution >= 0.6 is 11.6 Å². The highest BCUT2D eigenvalue weighted by atomic mass is 35.5. The van der Waals surface area contributed by atoms with E-state index in [2.05, 4.69) is 5.32 Å². The van der Waals surface area contributed by atoms with Crippen molar-refractivity contribution in [2.75, 3.05) is 11.9 Å². The van der Waals surface area contributed by atoms with Gasteiger partial charge in [-0.15, -0.1) is 0 Å². The van der Waals surface area contributed by atoms with Gasteiger partial charge in [0, 0.05) is 12.1 Å². The van der Waals surface area contributed by atoms with Crippen LogP contribution in [0.4, 0.5) is 10.1 Å². The third kappa shape index (κ3) is 3.40. The van der Waals surface area contributed by atoms with Crippen molar-refractivity contribution < 1.29 is 9.13 Å². The van der Waals surface area contributed by atoms with E-state index in [-0.39, 0.29) is 11.6 Å². The molecule has 0 amide bonds. The fourth-order valence-corrected chi connectivity index (χ4v) is 1.91. The molecule has 0 saturated carbocycles. The van der Waals surface area contributed by atoms with Gasteiger partial charge in [0.2, 0.25) is 0 Å². The van der Waals surface area contributed by atoms with Crippen molar-refractivity contribution in [1.29, 1.82) is 5.26 Å². The van der Waals surface area contributed by atoms with E-state index >= 15 is 0 Å². The van der Waals surface area contributed by atoms with Crippen molar-refractivity contribution in [3.05, 3.63) is 58.9 Å². The molecule has 2 aromatic carbocycles. The zero-order valence-electron chi connectivity index (χ0n) is 10.6. The van der Waals surface area contributed by atoms with E-state index in [1.54, 1.807) is 18.2 Å². The second-order valence-electron chi connectivity index (χ2n) is 4.01. The number of hydrogen-bond acceptors (Lipinski definition) is 3. The summed E-state index contributed by atoms with van der Waals surface area (Å²) in [7, 11) is 0. The number of ether oxygens (including phenoxy) is 1. The summed E-state index contributed by atoms with van der Waals surface area (Å²) in [6.45, 7) is 0.349. The molecular formula is C15H12ClFN2O. The number of halogens is 2. The van der Waals surface area contributed by atoms with Gasteiger partial charge >= 0.3 is 0 Å². The lowest BCUT2D eigenvalue weighted by Gasteiger charge is -2.12. The molecule has 1 N–H and O–H groups in total. The summed E-state index contributed by atoms with van der Waals surface area (Å²) >= 11 is 5.72. The molecule has 3 nitrogen and oxygen atoms in total. The van der Waals surface area contributed by atoms with Gasteiger partial charge in [-0.05, 0) is 18.2 Å². The molecule has 0 aliphatic heterocycles. The molecule has 0 fully saturated rings. The number of benzene rings is 2. The van der Waals surface area contributed by atoms with Crippen LogP contribution in [0.5, 0.6) is 5.75 Å². The van der Waals surface area contributed by atoms with Crippen LogP contribution in [0.25, 0.3) is 0 Å². The molecule has 2 aromatic rings. The van der Waals surface area contributed by atoms with Crippen LogP contribution < -0.4 is 10.1 Å². The summed E-state index contributed by atoms with van der Waals surface area (Å²) in [4.78, 5) is 0. The van der Waals surface area contributed by atoms with Gasteiger partial charge in [0.05, 0.1) is 10.7 Å². The Labute approximate surface area is 121 Å². The van der Waals surface area contributed by atoms with E-state index in [1.165, 1.54) is 6.07 Å². The highest BCUT2D eigenvalue weighted by Crippen LogP contribution is 2.24. The van der Waals surface area contributed by atoms with Crippen molar-refractivity contribution in [3.63, 3.8) is 0 Å². The smallest absolute Gasteiger partial charge is 0.174 e. The van der Waals surface area contributed by atoms with Gasteiger partial charge in [0.1, 0.15) is 11.8 Å². The van der Waals surface area contributed by atoms with E-state index in [4.69, 9.17) is 21.6 Å². The molecule has 0 aliphatic rings. The average Bonchev–Trinajstić information content (AvgIpc) is 2.47. The minimum absolute atomic E-state index is 0.0253. The SMILES string of the molecule is N#CCOc1ccccc1CNc1cccc(Cl)c1F. The van der Waals surface area contributed by atoms with Crippen molar-refractivity contribution in [2.45, 2.75) is 6.54 Å². The second kappa shape index (κ2) is 6.78. The number of nitrogens with zero attached hydrogens (tertiary/aromatic N) is 1. The molecule has 0 bridgehead atoms. The predicted molar refractivity (Wildman–Crippen MR) is 76.3 cm³/mol. The molecular weight excluding hydrogens is 279 g/mol. The van der Waals surface area contributed by atoms with E-state index in [9.17, 15) is 4.39 Å². The number of nitriles is 1. The molecule has 0 atom stereocenters. The normalized spacial score (nSPS) is 9.85. The molecule has 0 aliphatic carbocycles. The topological polar surface area (TPSA) is 45.0 Å². The zero-order valence-corrected chi connectivity index (χ0v) is 11.3. The van der Waals surface area contributed by atoms with Crippen LogP contribution in [0.2, 0.25) is 5.02 Å². The largest absolute Gasteiger partial charge is 0.478 e. The van der Waals surface area contributed by atoms with Crippen molar-refractivity contribution in [2.24, 2.45) is 0 Å². The van der Waals surface area contributed by atoms with E-state index in [0.717, 1.165) is 5.56 Å². The predicted octanol–water partition coefficient (Wildman–Crippen LogP) is 3.99. The van der Waals surface area contributed by atoms with Crippen molar-refractivity contribution in [3.8, 4) is 11.8 Å². The number of para-hydroxylation sites is 1. The lowest BCUT2D eigenvalue weighted by atomic mass is 10.2. The van der Waals surface area contributed by atoms with E-state index in [1.807, 2.05) is 24.3 Å². The van der Waals surface area contributed by atoms with Gasteiger partial charge in [-0.2, -0.15) is 5.26 Å². The fraction of sp³-hybridized carbons (Fsp3) is 0.133. The number of anilines is 1. The Kier molecular flexibility index (Phi) is 4.80. The lowest BCUT2D eigenvalue weighted by molar-refractivity contribution is 0.364. The summed E-state index contributed by atoms with van der Waals surface area (Å²) in [5.74, 6) is 0.119. The molecule has 0 heterocycles. The molecule has 0 spiro atoms. The Morgan fingerprint density at radius 2 is 2.00 bits per heavy atom. The summed E-state index contributed by atoms with van der Waals surface area (Å²) in [5.41, 5.74) is 1.16. The third-order valence-corrected chi connectivity index (χ3v) is 2.98. The van der Waals surface area contributed by atoms with E-state index < -0.39 is 5.82 Å². The molecule has 0 saturated heterocycles. The summed E-state index contributed by atoms with van der Waals surface area (Å²) < 4.78 is 19.0. The molecule has 0 unspecified atom stereocenters. The number of hydrogen-bond donors (Lipinski definition) is 1. The minimum Gasteiger partial charge on any atom is -0.478 e. The van der Waals surface area contributed by atoms with Gasteiger partial charge in [0.25, 0.3) is 0 Å². The van der Waals surface area contributed by atoms with Crippen LogP contribution in [0.15, 0.2) is 42.5 Å². The Balaban J connectivity index is 2.11. The molecule has 0 radical (unpaired) electrons. The molecule has 0 aromatic heterocycles. The standard InChI is InChI=1S/C15H12ClFN2O/c16-12-5-3-6-13(15(12)17)19-10-11-4-1-2-7-14(11)20-9-8-18/h1-7,19H,9-10H2. The first kappa shape index (κ1) is 14.2. The van der Waals surface area contributed by atoms with Gasteiger partial charge in [-0.1, -0.05) is 35.9 Å². The van der Waals surface area contributed by atoms with Crippen molar-refractivity contribution in [1.82, 2.24) is 0 Å². The molecule has 5 heteroatoms.